The van der Waals surface area contributed by atoms with E-state index in [2.05, 4.69) is 10.6 Å². The second kappa shape index (κ2) is 7.60. The third-order valence-electron chi connectivity index (χ3n) is 4.07. The molecule has 144 valence electrons. The molecule has 0 heterocycles. The summed E-state index contributed by atoms with van der Waals surface area (Å²) in [5.41, 5.74) is -1.37. The molecule has 2 amide bonds. The van der Waals surface area contributed by atoms with Gasteiger partial charge in [0.15, 0.2) is 0 Å². The molecule has 2 N–H and O–H groups in total. The zero-order chi connectivity index (χ0) is 20.4. The van der Waals surface area contributed by atoms with E-state index in [-0.39, 0.29) is 10.7 Å². The van der Waals surface area contributed by atoms with Crippen molar-refractivity contribution in [2.45, 2.75) is 26.9 Å². The number of carbonyl (C=O) groups excluding carboxylic acids is 2. The van der Waals surface area contributed by atoms with Crippen molar-refractivity contribution in [3.8, 4) is 0 Å². The van der Waals surface area contributed by atoms with Gasteiger partial charge in [-0.2, -0.15) is 13.2 Å². The number of nitrogens with one attached hydrogen (secondary N) is 2. The topological polar surface area (TPSA) is 58.2 Å². The van der Waals surface area contributed by atoms with Crippen molar-refractivity contribution in [1.82, 2.24) is 0 Å². The van der Waals surface area contributed by atoms with Gasteiger partial charge < -0.3 is 10.6 Å². The highest BCUT2D eigenvalue weighted by molar-refractivity contribution is 6.34. The molecule has 8 heteroatoms. The minimum absolute atomic E-state index is 0.0635. The average molecular weight is 399 g/mol. The van der Waals surface area contributed by atoms with E-state index in [4.69, 9.17) is 11.6 Å². The average Bonchev–Trinajstić information content (AvgIpc) is 2.57. The lowest BCUT2D eigenvalue weighted by Gasteiger charge is -2.24. The highest BCUT2D eigenvalue weighted by atomic mass is 35.5. The van der Waals surface area contributed by atoms with Crippen LogP contribution in [0.2, 0.25) is 5.02 Å². The molecule has 0 unspecified atom stereocenters. The first kappa shape index (κ1) is 20.8. The van der Waals surface area contributed by atoms with Gasteiger partial charge >= 0.3 is 6.18 Å². The van der Waals surface area contributed by atoms with E-state index >= 15 is 0 Å². The Bertz CT molecular complexity index is 879. The van der Waals surface area contributed by atoms with E-state index in [9.17, 15) is 22.8 Å². The zero-order valence-electron chi connectivity index (χ0n) is 14.9. The Labute approximate surface area is 159 Å². The van der Waals surface area contributed by atoms with Crippen molar-refractivity contribution in [2.75, 3.05) is 10.6 Å². The largest absolute Gasteiger partial charge is 0.416 e. The van der Waals surface area contributed by atoms with Gasteiger partial charge in [0.1, 0.15) is 5.41 Å². The Morgan fingerprint density at radius 3 is 2.04 bits per heavy atom. The van der Waals surface area contributed by atoms with E-state index in [1.54, 1.807) is 31.2 Å². The number of para-hydroxylation sites is 1. The van der Waals surface area contributed by atoms with Crippen molar-refractivity contribution in [2.24, 2.45) is 5.41 Å². The normalized spacial score (nSPS) is 11.8. The number of hydrogen-bond donors (Lipinski definition) is 2. The molecule has 2 rings (SSSR count). The van der Waals surface area contributed by atoms with Crippen molar-refractivity contribution >= 4 is 34.8 Å². The maximum Gasteiger partial charge on any atom is 0.416 e. The van der Waals surface area contributed by atoms with E-state index in [0.29, 0.717) is 5.69 Å². The monoisotopic (exact) mass is 398 g/mol. The summed E-state index contributed by atoms with van der Waals surface area (Å²) in [6.45, 7) is 4.54. The van der Waals surface area contributed by atoms with Gasteiger partial charge in [0.05, 0.1) is 16.3 Å². The molecule has 0 aliphatic carbocycles. The van der Waals surface area contributed by atoms with Crippen molar-refractivity contribution in [3.63, 3.8) is 0 Å². The third kappa shape index (κ3) is 4.80. The maximum absolute atomic E-state index is 12.9. The van der Waals surface area contributed by atoms with E-state index < -0.39 is 29.0 Å². The molecule has 0 spiro atoms. The number of aryl methyl sites for hydroxylation is 1. The lowest BCUT2D eigenvalue weighted by molar-refractivity contribution is -0.138. The Hall–Kier alpha value is -2.54. The van der Waals surface area contributed by atoms with Gasteiger partial charge in [-0.15, -0.1) is 0 Å². The first-order valence-corrected chi connectivity index (χ1v) is 8.36. The van der Waals surface area contributed by atoms with Crippen LogP contribution in [0.5, 0.6) is 0 Å². The quantitative estimate of drug-likeness (QED) is 0.689. The standard InChI is InChI=1S/C19H18ClF3N2O2/c1-11-6-4-5-7-14(11)24-16(26)18(2,3)17(27)25-15-10-12(19(21,22)23)8-9-13(15)20/h4-10H,1-3H3,(H,24,26)(H,25,27). The van der Waals surface area contributed by atoms with Crippen molar-refractivity contribution < 1.29 is 22.8 Å². The van der Waals surface area contributed by atoms with Gasteiger partial charge in [-0.25, -0.2) is 0 Å². The molecule has 0 atom stereocenters. The number of benzene rings is 2. The molecular weight excluding hydrogens is 381 g/mol. The van der Waals surface area contributed by atoms with Crippen LogP contribution in [0.25, 0.3) is 0 Å². The van der Waals surface area contributed by atoms with Gasteiger partial charge in [0.25, 0.3) is 0 Å². The van der Waals surface area contributed by atoms with Crippen LogP contribution in [0, 0.1) is 12.3 Å². The Morgan fingerprint density at radius 2 is 1.48 bits per heavy atom. The van der Waals surface area contributed by atoms with Crippen molar-refractivity contribution in [1.29, 1.82) is 0 Å². The summed E-state index contributed by atoms with van der Waals surface area (Å²) < 4.78 is 38.6. The van der Waals surface area contributed by atoms with Crippen LogP contribution in [0.1, 0.15) is 25.0 Å². The van der Waals surface area contributed by atoms with Gasteiger partial charge in [0, 0.05) is 5.69 Å². The fourth-order valence-corrected chi connectivity index (χ4v) is 2.34. The van der Waals surface area contributed by atoms with Crippen molar-refractivity contribution in [3.05, 3.63) is 58.6 Å². The van der Waals surface area contributed by atoms with Gasteiger partial charge in [-0.3, -0.25) is 9.59 Å². The molecule has 0 fully saturated rings. The van der Waals surface area contributed by atoms with Gasteiger partial charge in [0.2, 0.25) is 11.8 Å². The number of amides is 2. The van der Waals surface area contributed by atoms with Gasteiger partial charge in [-0.1, -0.05) is 29.8 Å². The summed E-state index contributed by atoms with van der Waals surface area (Å²) in [4.78, 5) is 25.1. The summed E-state index contributed by atoms with van der Waals surface area (Å²) >= 11 is 5.89. The molecule has 2 aromatic rings. The van der Waals surface area contributed by atoms with Crippen LogP contribution < -0.4 is 10.6 Å². The Morgan fingerprint density at radius 1 is 0.926 bits per heavy atom. The summed E-state index contributed by atoms with van der Waals surface area (Å²) in [5, 5.41) is 4.90. The Balaban J connectivity index is 2.21. The SMILES string of the molecule is Cc1ccccc1NC(=O)C(C)(C)C(=O)Nc1cc(C(F)(F)F)ccc1Cl. The first-order valence-electron chi connectivity index (χ1n) is 7.98. The molecule has 0 aromatic heterocycles. The number of anilines is 2. The fraction of sp³-hybridized carbons (Fsp3) is 0.263. The molecule has 0 aliphatic heterocycles. The molecule has 2 aromatic carbocycles. The van der Waals surface area contributed by atoms with Crippen LogP contribution in [0.15, 0.2) is 42.5 Å². The van der Waals surface area contributed by atoms with Crippen LogP contribution in [-0.4, -0.2) is 11.8 Å². The molecular formula is C19H18ClF3N2O2. The number of carbonyl (C=O) groups is 2. The first-order chi connectivity index (χ1) is 12.4. The molecule has 0 aliphatic rings. The lowest BCUT2D eigenvalue weighted by Crippen LogP contribution is -2.41. The molecule has 27 heavy (non-hydrogen) atoms. The summed E-state index contributed by atoms with van der Waals surface area (Å²) in [7, 11) is 0. The maximum atomic E-state index is 12.9. The molecule has 4 nitrogen and oxygen atoms in total. The molecule has 0 saturated heterocycles. The van der Waals surface area contributed by atoms with E-state index in [1.807, 2.05) is 0 Å². The number of rotatable bonds is 4. The summed E-state index contributed by atoms with van der Waals surface area (Å²) in [5.74, 6) is -1.38. The van der Waals surface area contributed by atoms with Crippen LogP contribution in [0.3, 0.4) is 0 Å². The predicted molar refractivity (Wildman–Crippen MR) is 98.7 cm³/mol. The van der Waals surface area contributed by atoms with Crippen LogP contribution in [-0.2, 0) is 15.8 Å². The lowest BCUT2D eigenvalue weighted by atomic mass is 9.90. The minimum Gasteiger partial charge on any atom is -0.325 e. The highest BCUT2D eigenvalue weighted by Gasteiger charge is 2.37. The molecule has 0 saturated carbocycles. The number of hydrogen-bond acceptors (Lipinski definition) is 2. The number of alkyl halides is 3. The zero-order valence-corrected chi connectivity index (χ0v) is 15.6. The number of halogens is 4. The second-order valence-electron chi connectivity index (χ2n) is 6.54. The second-order valence-corrected chi connectivity index (χ2v) is 6.95. The summed E-state index contributed by atoms with van der Waals surface area (Å²) in [6.07, 6.45) is -4.58. The predicted octanol–water partition coefficient (Wildman–Crippen LogP) is 5.27. The fourth-order valence-electron chi connectivity index (χ4n) is 2.17. The third-order valence-corrected chi connectivity index (χ3v) is 4.40. The van der Waals surface area contributed by atoms with E-state index in [0.717, 1.165) is 23.8 Å². The van der Waals surface area contributed by atoms with Crippen LogP contribution >= 0.6 is 11.6 Å². The van der Waals surface area contributed by atoms with Gasteiger partial charge in [-0.05, 0) is 50.6 Å². The molecule has 0 radical (unpaired) electrons. The smallest absolute Gasteiger partial charge is 0.325 e. The minimum atomic E-state index is -4.58. The Kier molecular flexibility index (Phi) is 5.85. The summed E-state index contributed by atoms with van der Waals surface area (Å²) in [6, 6.07) is 9.61. The van der Waals surface area contributed by atoms with E-state index in [1.165, 1.54) is 13.8 Å². The van der Waals surface area contributed by atoms with Crippen LogP contribution in [0.4, 0.5) is 24.5 Å². The molecule has 0 bridgehead atoms. The highest BCUT2D eigenvalue weighted by Crippen LogP contribution is 2.34.